The van der Waals surface area contributed by atoms with Crippen molar-refractivity contribution in [1.82, 2.24) is 0 Å². The summed E-state index contributed by atoms with van der Waals surface area (Å²) < 4.78 is 4.09. The fourth-order valence-electron chi connectivity index (χ4n) is 0.845. The average molecular weight is 193 g/mol. The van der Waals surface area contributed by atoms with E-state index < -0.39 is 5.09 Å². The first-order valence-electron chi connectivity index (χ1n) is 4.21. The van der Waals surface area contributed by atoms with Crippen molar-refractivity contribution in [2.75, 3.05) is 5.75 Å². The van der Waals surface area contributed by atoms with Gasteiger partial charge in [-0.25, -0.2) is 4.28 Å². The number of unbranched alkanes of at least 4 members (excludes halogenated alkanes) is 4. The Morgan fingerprint density at radius 1 is 1.33 bits per heavy atom. The Labute approximate surface area is 77.0 Å². The highest BCUT2D eigenvalue weighted by atomic mass is 32.2. The zero-order valence-corrected chi connectivity index (χ0v) is 8.14. The fourth-order valence-corrected chi connectivity index (χ4v) is 1.33. The average Bonchev–Trinajstić information content (AvgIpc) is 2.02. The number of rotatable bonds is 8. The summed E-state index contributed by atoms with van der Waals surface area (Å²) in [4.78, 5) is 9.70. The van der Waals surface area contributed by atoms with Crippen LogP contribution in [0.4, 0.5) is 0 Å². The molecule has 0 amide bonds. The summed E-state index contributed by atoms with van der Waals surface area (Å²) >= 11 is 0.920. The van der Waals surface area contributed by atoms with Crippen LogP contribution in [0.5, 0.6) is 0 Å². The van der Waals surface area contributed by atoms with Crippen molar-refractivity contribution in [3.8, 4) is 0 Å². The van der Waals surface area contributed by atoms with Crippen molar-refractivity contribution < 1.29 is 9.37 Å². The molecule has 5 heteroatoms. The van der Waals surface area contributed by atoms with E-state index in [-0.39, 0.29) is 0 Å². The maximum Gasteiger partial charge on any atom is 0.306 e. The normalized spacial score (nSPS) is 9.75. The van der Waals surface area contributed by atoms with Gasteiger partial charge in [0, 0.05) is 17.8 Å². The molecular formula is C7H15NO3S. The SMILES string of the molecule is CCCCCCCSO[N+](=O)[O-]. The van der Waals surface area contributed by atoms with Crippen LogP contribution in [0.1, 0.15) is 39.0 Å². The maximum atomic E-state index is 9.70. The minimum atomic E-state index is -0.767. The highest BCUT2D eigenvalue weighted by Gasteiger charge is 1.95. The molecule has 0 bridgehead atoms. The molecule has 0 atom stereocenters. The van der Waals surface area contributed by atoms with Gasteiger partial charge in [0.15, 0.2) is 0 Å². The van der Waals surface area contributed by atoms with Gasteiger partial charge < -0.3 is 0 Å². The Kier molecular flexibility index (Phi) is 8.32. The van der Waals surface area contributed by atoms with Gasteiger partial charge in [0.2, 0.25) is 0 Å². The molecule has 0 N–H and O–H groups in total. The number of nitrogens with zero attached hydrogens (tertiary/aromatic N) is 1. The largest absolute Gasteiger partial charge is 0.306 e. The van der Waals surface area contributed by atoms with Crippen LogP contribution in [-0.2, 0) is 4.28 Å². The van der Waals surface area contributed by atoms with Gasteiger partial charge in [-0.15, -0.1) is 10.1 Å². The van der Waals surface area contributed by atoms with Crippen LogP contribution < -0.4 is 0 Å². The van der Waals surface area contributed by atoms with Gasteiger partial charge in [0.05, 0.1) is 0 Å². The van der Waals surface area contributed by atoms with E-state index in [1.54, 1.807) is 0 Å². The van der Waals surface area contributed by atoms with Crippen molar-refractivity contribution in [2.24, 2.45) is 0 Å². The molecule has 0 rings (SSSR count). The van der Waals surface area contributed by atoms with Crippen molar-refractivity contribution in [3.05, 3.63) is 10.1 Å². The van der Waals surface area contributed by atoms with Crippen molar-refractivity contribution in [1.29, 1.82) is 0 Å². The molecule has 72 valence electrons. The molecular weight excluding hydrogens is 178 g/mol. The zero-order valence-electron chi connectivity index (χ0n) is 7.32. The van der Waals surface area contributed by atoms with Crippen LogP contribution in [0.2, 0.25) is 0 Å². The molecule has 0 aliphatic rings. The van der Waals surface area contributed by atoms with Gasteiger partial charge in [-0.05, 0) is 6.42 Å². The summed E-state index contributed by atoms with van der Waals surface area (Å²) in [6, 6.07) is 0. The molecule has 12 heavy (non-hydrogen) atoms. The third-order valence-corrected chi connectivity index (χ3v) is 2.13. The topological polar surface area (TPSA) is 52.4 Å². The van der Waals surface area contributed by atoms with E-state index in [2.05, 4.69) is 11.2 Å². The van der Waals surface area contributed by atoms with Gasteiger partial charge >= 0.3 is 5.09 Å². The van der Waals surface area contributed by atoms with Crippen LogP contribution in [0.25, 0.3) is 0 Å². The molecule has 0 aromatic heterocycles. The lowest BCUT2D eigenvalue weighted by molar-refractivity contribution is -0.707. The van der Waals surface area contributed by atoms with Crippen molar-refractivity contribution in [3.63, 3.8) is 0 Å². The first-order valence-corrected chi connectivity index (χ1v) is 5.12. The molecule has 0 saturated carbocycles. The minimum absolute atomic E-state index is 0.713. The smallest absolute Gasteiger partial charge is 0.242 e. The minimum Gasteiger partial charge on any atom is -0.242 e. The van der Waals surface area contributed by atoms with Gasteiger partial charge in [0.25, 0.3) is 0 Å². The van der Waals surface area contributed by atoms with Gasteiger partial charge in [0.1, 0.15) is 0 Å². The molecule has 0 aliphatic heterocycles. The highest BCUT2D eigenvalue weighted by molar-refractivity contribution is 7.94. The second kappa shape index (κ2) is 8.64. The second-order valence-corrected chi connectivity index (χ2v) is 3.33. The lowest BCUT2D eigenvalue weighted by atomic mass is 10.2. The summed E-state index contributed by atoms with van der Waals surface area (Å²) in [5.41, 5.74) is 0. The van der Waals surface area contributed by atoms with Gasteiger partial charge in [-0.1, -0.05) is 32.6 Å². The molecule has 0 heterocycles. The zero-order chi connectivity index (χ0) is 9.23. The number of hydrogen-bond donors (Lipinski definition) is 0. The Hall–Kier alpha value is -0.450. The molecule has 0 aromatic carbocycles. The summed E-state index contributed by atoms with van der Waals surface area (Å²) in [6.07, 6.45) is 5.83. The van der Waals surface area contributed by atoms with Crippen LogP contribution in [-0.4, -0.2) is 10.8 Å². The Morgan fingerprint density at radius 3 is 2.58 bits per heavy atom. The Morgan fingerprint density at radius 2 is 2.00 bits per heavy atom. The first-order chi connectivity index (χ1) is 5.77. The lowest BCUT2D eigenvalue weighted by Gasteiger charge is -1.98. The van der Waals surface area contributed by atoms with E-state index in [0.717, 1.165) is 24.9 Å². The van der Waals surface area contributed by atoms with Crippen LogP contribution in [0, 0.1) is 10.1 Å². The lowest BCUT2D eigenvalue weighted by Crippen LogP contribution is -1.93. The van der Waals surface area contributed by atoms with E-state index in [1.165, 1.54) is 19.3 Å². The molecule has 0 aromatic rings. The standard InChI is InChI=1S/C7H15NO3S/c1-2-3-4-5-6-7-12-11-8(9)10/h2-7H2,1H3. The van der Waals surface area contributed by atoms with E-state index in [4.69, 9.17) is 0 Å². The van der Waals surface area contributed by atoms with Gasteiger partial charge in [-0.2, -0.15) is 0 Å². The third-order valence-electron chi connectivity index (χ3n) is 1.44. The maximum absolute atomic E-state index is 9.70. The molecule has 0 saturated heterocycles. The third kappa shape index (κ3) is 9.55. The number of hydrogen-bond acceptors (Lipinski definition) is 4. The van der Waals surface area contributed by atoms with E-state index >= 15 is 0 Å². The quantitative estimate of drug-likeness (QED) is 0.257. The van der Waals surface area contributed by atoms with Crippen LogP contribution in [0.15, 0.2) is 0 Å². The highest BCUT2D eigenvalue weighted by Crippen LogP contribution is 2.09. The Balaban J connectivity index is 2.86. The van der Waals surface area contributed by atoms with Gasteiger partial charge in [-0.3, -0.25) is 0 Å². The molecule has 4 nitrogen and oxygen atoms in total. The second-order valence-electron chi connectivity index (χ2n) is 2.53. The summed E-state index contributed by atoms with van der Waals surface area (Å²) in [5.74, 6) is 0.713. The summed E-state index contributed by atoms with van der Waals surface area (Å²) in [6.45, 7) is 2.16. The molecule has 0 spiro atoms. The molecule has 0 fully saturated rings. The molecule has 0 aliphatic carbocycles. The van der Waals surface area contributed by atoms with E-state index in [1.807, 2.05) is 0 Å². The Bertz CT molecular complexity index is 121. The van der Waals surface area contributed by atoms with E-state index in [9.17, 15) is 10.1 Å². The monoisotopic (exact) mass is 193 g/mol. The first kappa shape index (κ1) is 11.6. The fraction of sp³-hybridized carbons (Fsp3) is 1.00. The van der Waals surface area contributed by atoms with Crippen LogP contribution >= 0.6 is 12.0 Å². The van der Waals surface area contributed by atoms with Crippen molar-refractivity contribution >= 4 is 12.0 Å². The molecule has 0 radical (unpaired) electrons. The summed E-state index contributed by atoms with van der Waals surface area (Å²) in [7, 11) is 0. The summed E-state index contributed by atoms with van der Waals surface area (Å²) in [5, 5.41) is 8.93. The van der Waals surface area contributed by atoms with E-state index in [0.29, 0.717) is 5.75 Å². The predicted molar refractivity (Wildman–Crippen MR) is 49.3 cm³/mol. The molecule has 0 unspecified atom stereocenters. The van der Waals surface area contributed by atoms with Crippen LogP contribution in [0.3, 0.4) is 0 Å². The predicted octanol–water partition coefficient (Wildman–Crippen LogP) is 2.81. The van der Waals surface area contributed by atoms with Crippen molar-refractivity contribution in [2.45, 2.75) is 39.0 Å².